The minimum atomic E-state index is 0.360. The van der Waals surface area contributed by atoms with Gasteiger partial charge < -0.3 is 9.80 Å². The van der Waals surface area contributed by atoms with Crippen molar-refractivity contribution in [3.8, 4) is 0 Å². The second kappa shape index (κ2) is 6.70. The molecule has 0 aliphatic carbocycles. The van der Waals surface area contributed by atoms with Gasteiger partial charge in [0.25, 0.3) is 0 Å². The van der Waals surface area contributed by atoms with Crippen molar-refractivity contribution >= 4 is 16.7 Å². The summed E-state index contributed by atoms with van der Waals surface area (Å²) in [6.07, 6.45) is 11.1. The first kappa shape index (κ1) is 16.9. The Balaban J connectivity index is 1.36. The van der Waals surface area contributed by atoms with Crippen LogP contribution in [0.3, 0.4) is 0 Å². The molecule has 0 aromatic heterocycles. The molecule has 140 valence electrons. The third-order valence-corrected chi connectivity index (χ3v) is 6.97. The molecule has 5 rings (SSSR count). The number of amides is 1. The molecule has 0 radical (unpaired) electrons. The first-order valence-corrected chi connectivity index (χ1v) is 10.5. The van der Waals surface area contributed by atoms with Gasteiger partial charge in [0.05, 0.1) is 12.1 Å². The smallest absolute Gasteiger partial charge is 0.222 e. The lowest BCUT2D eigenvalue weighted by molar-refractivity contribution is -0.138. The van der Waals surface area contributed by atoms with Crippen LogP contribution in [0.1, 0.15) is 44.6 Å². The summed E-state index contributed by atoms with van der Waals surface area (Å²) in [6, 6.07) is 17.1. The van der Waals surface area contributed by atoms with Crippen LogP contribution in [0.5, 0.6) is 0 Å². The fourth-order valence-electron chi connectivity index (χ4n) is 5.83. The Bertz CT molecular complexity index is 864. The lowest BCUT2D eigenvalue weighted by Gasteiger charge is -2.46. The van der Waals surface area contributed by atoms with E-state index in [2.05, 4.69) is 64.5 Å². The number of carbonyl (C=O) groups excluding carboxylic acids is 1. The quantitative estimate of drug-likeness (QED) is 0.801. The van der Waals surface area contributed by atoms with E-state index < -0.39 is 0 Å². The van der Waals surface area contributed by atoms with Gasteiger partial charge in [0.15, 0.2) is 0 Å². The van der Waals surface area contributed by atoms with Gasteiger partial charge in [-0.3, -0.25) is 4.79 Å². The minimum absolute atomic E-state index is 0.360. The summed E-state index contributed by atoms with van der Waals surface area (Å²) in [7, 11) is 0. The Labute approximate surface area is 161 Å². The number of hydrogen-bond donors (Lipinski definition) is 0. The van der Waals surface area contributed by atoms with Gasteiger partial charge in [0.2, 0.25) is 5.91 Å². The predicted molar refractivity (Wildman–Crippen MR) is 109 cm³/mol. The number of carbonyl (C=O) groups is 1. The lowest BCUT2D eigenvalue weighted by Crippen LogP contribution is -2.60. The third kappa shape index (κ3) is 2.67. The summed E-state index contributed by atoms with van der Waals surface area (Å²) < 4.78 is 0. The summed E-state index contributed by atoms with van der Waals surface area (Å²) in [5.74, 6) is 0.360. The van der Waals surface area contributed by atoms with Gasteiger partial charge in [-0.1, -0.05) is 55.5 Å². The van der Waals surface area contributed by atoms with Gasteiger partial charge in [0, 0.05) is 18.5 Å². The van der Waals surface area contributed by atoms with Gasteiger partial charge >= 0.3 is 0 Å². The Morgan fingerprint density at radius 3 is 2.37 bits per heavy atom. The maximum Gasteiger partial charge on any atom is 0.222 e. The largest absolute Gasteiger partial charge is 0.368 e. The molecule has 1 amide bonds. The summed E-state index contributed by atoms with van der Waals surface area (Å²) in [5.41, 5.74) is 1.39. The number of fused-ring (bicyclic) bond motifs is 7. The van der Waals surface area contributed by atoms with Crippen molar-refractivity contribution in [2.45, 2.75) is 69.6 Å². The summed E-state index contributed by atoms with van der Waals surface area (Å²) >= 11 is 0. The second-order valence-electron chi connectivity index (χ2n) is 8.25. The molecule has 0 spiro atoms. The van der Waals surface area contributed by atoms with Gasteiger partial charge in [0.1, 0.15) is 0 Å². The molecule has 2 aromatic carbocycles. The molecule has 4 unspecified atom stereocenters. The number of hydrogen-bond acceptors (Lipinski definition) is 2. The van der Waals surface area contributed by atoms with Crippen molar-refractivity contribution in [1.29, 1.82) is 0 Å². The van der Waals surface area contributed by atoms with Crippen LogP contribution in [-0.4, -0.2) is 39.9 Å². The van der Waals surface area contributed by atoms with Crippen molar-refractivity contribution in [2.24, 2.45) is 0 Å². The number of benzene rings is 2. The van der Waals surface area contributed by atoms with Crippen molar-refractivity contribution in [1.82, 2.24) is 9.80 Å². The van der Waals surface area contributed by atoms with E-state index in [1.54, 1.807) is 0 Å². The lowest BCUT2D eigenvalue weighted by atomic mass is 10.0. The molecule has 2 aromatic rings. The van der Waals surface area contributed by atoms with E-state index in [1.807, 2.05) is 6.92 Å². The molecule has 3 aliphatic rings. The van der Waals surface area contributed by atoms with Crippen molar-refractivity contribution in [3.63, 3.8) is 0 Å². The molecule has 0 N–H and O–H groups in total. The monoisotopic (exact) mass is 360 g/mol. The minimum Gasteiger partial charge on any atom is -0.368 e. The third-order valence-electron chi connectivity index (χ3n) is 6.97. The maximum atomic E-state index is 12.5. The molecule has 3 heteroatoms. The van der Waals surface area contributed by atoms with Crippen LogP contribution in [0.4, 0.5) is 0 Å². The predicted octanol–water partition coefficient (Wildman–Crippen LogP) is 4.51. The highest BCUT2D eigenvalue weighted by molar-refractivity contribution is 5.85. The van der Waals surface area contributed by atoms with E-state index in [-0.39, 0.29) is 0 Å². The standard InChI is InChI=1S/C24H28N2O/c1-2-24(27)26-22-14-15-23(26)21-13-12-20(22)25(21)16-6-10-18-9-5-8-17-7-3-4-11-19(17)18/h3-9,11,16,20-23H,2,10,12-15H2,1H3. The zero-order valence-electron chi connectivity index (χ0n) is 16.1. The van der Waals surface area contributed by atoms with E-state index in [4.69, 9.17) is 0 Å². The van der Waals surface area contributed by atoms with E-state index in [9.17, 15) is 4.79 Å². The van der Waals surface area contributed by atoms with E-state index >= 15 is 0 Å². The highest BCUT2D eigenvalue weighted by Gasteiger charge is 2.55. The molecule has 27 heavy (non-hydrogen) atoms. The molecule has 4 atom stereocenters. The first-order chi connectivity index (χ1) is 13.3. The highest BCUT2D eigenvalue weighted by atomic mass is 16.2. The van der Waals surface area contributed by atoms with Gasteiger partial charge in [-0.15, -0.1) is 0 Å². The summed E-state index contributed by atoms with van der Waals surface area (Å²) in [4.78, 5) is 17.3. The van der Waals surface area contributed by atoms with Crippen LogP contribution in [-0.2, 0) is 11.2 Å². The van der Waals surface area contributed by atoms with Crippen molar-refractivity contribution in [3.05, 3.63) is 60.3 Å². The number of nitrogens with zero attached hydrogens (tertiary/aromatic N) is 2. The number of allylic oxidation sites excluding steroid dienone is 1. The van der Waals surface area contributed by atoms with E-state index in [0.717, 1.165) is 6.42 Å². The average Bonchev–Trinajstić information content (AvgIpc) is 3.22. The molecular formula is C24H28N2O. The topological polar surface area (TPSA) is 23.6 Å². The Kier molecular flexibility index (Phi) is 4.18. The Morgan fingerprint density at radius 2 is 1.63 bits per heavy atom. The zero-order chi connectivity index (χ0) is 18.4. The molecule has 0 saturated carbocycles. The van der Waals surface area contributed by atoms with Crippen molar-refractivity contribution in [2.75, 3.05) is 0 Å². The summed E-state index contributed by atoms with van der Waals surface area (Å²) in [6.45, 7) is 2.00. The fraction of sp³-hybridized carbons (Fsp3) is 0.458. The van der Waals surface area contributed by atoms with Crippen molar-refractivity contribution < 1.29 is 4.79 Å². The van der Waals surface area contributed by atoms with Gasteiger partial charge in [-0.25, -0.2) is 0 Å². The fourth-order valence-corrected chi connectivity index (χ4v) is 5.83. The van der Waals surface area contributed by atoms with Crippen LogP contribution < -0.4 is 0 Å². The van der Waals surface area contributed by atoms with Gasteiger partial charge in [-0.05, 0) is 54.6 Å². The molecule has 3 aliphatic heterocycles. The Morgan fingerprint density at radius 1 is 0.963 bits per heavy atom. The molecular weight excluding hydrogens is 332 g/mol. The summed E-state index contributed by atoms with van der Waals surface area (Å²) in [5, 5.41) is 2.67. The SMILES string of the molecule is CCC(=O)N1C2CCC1C1CCC2N1C=CCc1cccc2ccccc12. The highest BCUT2D eigenvalue weighted by Crippen LogP contribution is 2.46. The molecule has 3 fully saturated rings. The normalized spacial score (nSPS) is 29.2. The van der Waals surface area contributed by atoms with Crippen LogP contribution in [0.2, 0.25) is 0 Å². The zero-order valence-corrected chi connectivity index (χ0v) is 16.1. The van der Waals surface area contributed by atoms with E-state index in [1.165, 1.54) is 42.0 Å². The molecule has 3 nitrogen and oxygen atoms in total. The van der Waals surface area contributed by atoms with Crippen LogP contribution >= 0.6 is 0 Å². The first-order valence-electron chi connectivity index (χ1n) is 10.5. The van der Waals surface area contributed by atoms with Crippen LogP contribution in [0.15, 0.2) is 54.7 Å². The maximum absolute atomic E-state index is 12.5. The second-order valence-corrected chi connectivity index (χ2v) is 8.25. The van der Waals surface area contributed by atoms with Gasteiger partial charge in [-0.2, -0.15) is 0 Å². The Hall–Kier alpha value is -2.29. The number of rotatable bonds is 4. The molecule has 4 bridgehead atoms. The van der Waals surface area contributed by atoms with Crippen LogP contribution in [0.25, 0.3) is 10.8 Å². The number of piperazine rings is 1. The van der Waals surface area contributed by atoms with E-state index in [0.29, 0.717) is 36.5 Å². The molecule has 3 saturated heterocycles. The van der Waals surface area contributed by atoms with Crippen LogP contribution in [0, 0.1) is 0 Å². The molecule has 3 heterocycles. The average molecular weight is 361 g/mol.